The molecule has 1 aromatic carbocycles. The van der Waals surface area contributed by atoms with Crippen LogP contribution in [0.5, 0.6) is 5.75 Å². The van der Waals surface area contributed by atoms with Crippen LogP contribution in [0.15, 0.2) is 39.8 Å². The minimum absolute atomic E-state index is 0.0184. The van der Waals surface area contributed by atoms with Gasteiger partial charge in [-0.25, -0.2) is 9.78 Å². The van der Waals surface area contributed by atoms with Gasteiger partial charge in [0.25, 0.3) is 12.0 Å². The van der Waals surface area contributed by atoms with Crippen molar-refractivity contribution in [1.82, 2.24) is 10.0 Å². The highest BCUT2D eigenvalue weighted by molar-refractivity contribution is 7.80. The Labute approximate surface area is 263 Å². The Balaban J connectivity index is 1.40. The molecule has 0 bridgehead atoms. The maximum atomic E-state index is 13.3. The molecule has 2 aliphatic rings. The van der Waals surface area contributed by atoms with Gasteiger partial charge in [0.15, 0.2) is 16.6 Å². The van der Waals surface area contributed by atoms with E-state index in [1.54, 1.807) is 24.3 Å². The molecule has 2 aromatic rings. The molecule has 3 unspecified atom stereocenters. The number of hydrogen-bond acceptors (Lipinski definition) is 14. The fourth-order valence-electron chi connectivity index (χ4n) is 4.82. The first-order valence-electron chi connectivity index (χ1n) is 13.9. The smallest absolute Gasteiger partial charge is 0.418 e. The number of benzene rings is 1. The largest absolute Gasteiger partial charge is 0.489 e. The lowest BCUT2D eigenvalue weighted by molar-refractivity contribution is -0.228. The number of carboxylic acids is 1. The van der Waals surface area contributed by atoms with Gasteiger partial charge in [-0.05, 0) is 57.2 Å². The molecular weight excluding hydrogens is 632 g/mol. The number of aromatic nitrogens is 1. The van der Waals surface area contributed by atoms with Gasteiger partial charge in [-0.3, -0.25) is 19.1 Å². The number of carbonyl (C=O) groups is 3. The molecule has 0 spiro atoms. The lowest BCUT2D eigenvalue weighted by atomic mass is 9.74. The van der Waals surface area contributed by atoms with Crippen LogP contribution in [0, 0.1) is 5.92 Å². The second-order valence-electron chi connectivity index (χ2n) is 11.0. The van der Waals surface area contributed by atoms with Crippen LogP contribution in [0.2, 0.25) is 0 Å². The lowest BCUT2D eigenvalue weighted by Crippen LogP contribution is -2.68. The van der Waals surface area contributed by atoms with E-state index in [4.69, 9.17) is 25.6 Å². The Morgan fingerprint density at radius 2 is 1.98 bits per heavy atom. The lowest BCUT2D eigenvalue weighted by Gasteiger charge is -2.50. The number of nitrogen functional groups attached to an aromatic ring is 1. The molecule has 1 fully saturated rings. The van der Waals surface area contributed by atoms with E-state index in [0.717, 1.165) is 49.1 Å². The number of anilines is 1. The maximum Gasteiger partial charge on any atom is 0.418 e. The summed E-state index contributed by atoms with van der Waals surface area (Å²) in [6.07, 6.45) is 1.55. The summed E-state index contributed by atoms with van der Waals surface area (Å²) in [6.45, 7) is 3.25. The number of aliphatic carboxylic acids is 1. The van der Waals surface area contributed by atoms with Crippen molar-refractivity contribution in [3.05, 3.63) is 40.9 Å². The number of ketones is 1. The van der Waals surface area contributed by atoms with E-state index in [0.29, 0.717) is 10.8 Å². The van der Waals surface area contributed by atoms with Gasteiger partial charge in [0.1, 0.15) is 18.1 Å². The number of aliphatic imine (C=N–C) groups is 1. The topological polar surface area (TPSA) is 246 Å². The number of β-lactam (4-membered cyclic amide) rings is 1. The van der Waals surface area contributed by atoms with Crippen molar-refractivity contribution in [3.8, 4) is 5.75 Å². The summed E-state index contributed by atoms with van der Waals surface area (Å²) in [7, 11) is -4.98. The normalized spacial score (nSPS) is 19.4. The molecule has 18 heteroatoms. The highest BCUT2D eigenvalue weighted by Crippen LogP contribution is 2.40. The van der Waals surface area contributed by atoms with Gasteiger partial charge >= 0.3 is 16.4 Å². The van der Waals surface area contributed by atoms with Crippen molar-refractivity contribution in [1.29, 1.82) is 0 Å². The summed E-state index contributed by atoms with van der Waals surface area (Å²) in [6, 6.07) is 6.70. The first-order chi connectivity index (χ1) is 21.2. The average molecular weight is 667 g/mol. The van der Waals surface area contributed by atoms with E-state index in [1.165, 1.54) is 24.9 Å². The van der Waals surface area contributed by atoms with Gasteiger partial charge in [0.2, 0.25) is 0 Å². The van der Waals surface area contributed by atoms with Crippen molar-refractivity contribution in [2.45, 2.75) is 63.6 Å². The molecule has 16 nitrogen and oxygen atoms in total. The van der Waals surface area contributed by atoms with Crippen LogP contribution in [-0.2, 0) is 33.9 Å². The predicted octanol–water partition coefficient (Wildman–Crippen LogP) is 1.92. The SMILES string of the molecule is CC1(C)C(CC(=O)/C(=N\OC(COc2ccc(C(N)CCC3=NCCC3)cc2)C(=O)O)c2csc(N)n2)C(=O)N1OS(=O)(=O)O. The highest BCUT2D eigenvalue weighted by atomic mass is 32.3. The zero-order valence-electron chi connectivity index (χ0n) is 24.5. The zero-order valence-corrected chi connectivity index (χ0v) is 26.1. The molecule has 0 saturated carbocycles. The summed E-state index contributed by atoms with van der Waals surface area (Å²) < 4.78 is 41.1. The highest BCUT2D eigenvalue weighted by Gasteiger charge is 2.57. The minimum atomic E-state index is -4.98. The molecule has 45 heavy (non-hydrogen) atoms. The first-order valence-corrected chi connectivity index (χ1v) is 16.1. The third-order valence-electron chi connectivity index (χ3n) is 7.42. The minimum Gasteiger partial charge on any atom is -0.489 e. The number of hydrogen-bond donors (Lipinski definition) is 4. The van der Waals surface area contributed by atoms with Gasteiger partial charge in [-0.15, -0.1) is 15.6 Å². The van der Waals surface area contributed by atoms with E-state index in [9.17, 15) is 27.9 Å². The van der Waals surface area contributed by atoms with E-state index in [1.807, 2.05) is 0 Å². The molecule has 3 heterocycles. The van der Waals surface area contributed by atoms with E-state index < -0.39 is 64.4 Å². The van der Waals surface area contributed by atoms with Gasteiger partial charge in [-0.1, -0.05) is 17.3 Å². The number of nitrogens with zero attached hydrogens (tertiary/aromatic N) is 4. The molecule has 0 aliphatic carbocycles. The van der Waals surface area contributed by atoms with E-state index in [-0.39, 0.29) is 16.9 Å². The van der Waals surface area contributed by atoms with Gasteiger partial charge in [0, 0.05) is 30.1 Å². The van der Waals surface area contributed by atoms with Gasteiger partial charge in [0.05, 0.1) is 11.5 Å². The Morgan fingerprint density at radius 3 is 2.53 bits per heavy atom. The molecule has 244 valence electrons. The third-order valence-corrected chi connectivity index (χ3v) is 8.43. The average Bonchev–Trinajstić information content (AvgIpc) is 3.66. The molecule has 1 aromatic heterocycles. The number of thiazole rings is 1. The van der Waals surface area contributed by atoms with Crippen molar-refractivity contribution >= 4 is 56.0 Å². The van der Waals surface area contributed by atoms with E-state index in [2.05, 4.69) is 19.4 Å². The maximum absolute atomic E-state index is 13.3. The number of oxime groups is 1. The number of carboxylic acid groups (broad SMARTS) is 1. The Kier molecular flexibility index (Phi) is 10.5. The Hall–Kier alpha value is -3.97. The van der Waals surface area contributed by atoms with Crippen molar-refractivity contribution in [2.75, 3.05) is 18.9 Å². The second-order valence-corrected chi connectivity index (χ2v) is 12.9. The molecule has 1 amide bonds. The molecule has 3 atom stereocenters. The molecule has 2 aliphatic heterocycles. The fourth-order valence-corrected chi connectivity index (χ4v) is 5.83. The Bertz CT molecular complexity index is 1590. The summed E-state index contributed by atoms with van der Waals surface area (Å²) >= 11 is 0.989. The number of rotatable bonds is 16. The van der Waals surface area contributed by atoms with Gasteiger partial charge < -0.3 is 26.1 Å². The fraction of sp³-hybridized carbons (Fsp3) is 0.481. The summed E-state index contributed by atoms with van der Waals surface area (Å²) in [5.74, 6) is -3.79. The quantitative estimate of drug-likeness (QED) is 0.0866. The van der Waals surface area contributed by atoms with Crippen LogP contribution in [-0.4, -0.2) is 82.0 Å². The van der Waals surface area contributed by atoms with Crippen LogP contribution >= 0.6 is 11.3 Å². The molecule has 6 N–H and O–H groups in total. The number of hydroxylamine groups is 2. The van der Waals surface area contributed by atoms with Crippen molar-refractivity contribution in [3.63, 3.8) is 0 Å². The monoisotopic (exact) mass is 666 g/mol. The molecule has 4 rings (SSSR count). The van der Waals surface area contributed by atoms with E-state index >= 15 is 0 Å². The van der Waals surface area contributed by atoms with Crippen molar-refractivity contribution < 1.29 is 46.3 Å². The first kappa shape index (κ1) is 33.9. The van der Waals surface area contributed by atoms with Crippen molar-refractivity contribution in [2.24, 2.45) is 21.8 Å². The number of Topliss-reactive ketones (excluding diaryl/α,β-unsaturated/α-hetero) is 1. The zero-order chi connectivity index (χ0) is 32.9. The number of carbonyl (C=O) groups excluding carboxylic acids is 2. The summed E-state index contributed by atoms with van der Waals surface area (Å²) in [5.41, 5.74) is 12.4. The predicted molar refractivity (Wildman–Crippen MR) is 162 cm³/mol. The molecule has 1 saturated heterocycles. The summed E-state index contributed by atoms with van der Waals surface area (Å²) in [4.78, 5) is 51.4. The van der Waals surface area contributed by atoms with Crippen LogP contribution in [0.1, 0.15) is 63.3 Å². The van der Waals surface area contributed by atoms with Gasteiger partial charge in [-0.2, -0.15) is 13.5 Å². The van der Waals surface area contributed by atoms with Crippen LogP contribution in [0.3, 0.4) is 0 Å². The second kappa shape index (κ2) is 14.0. The van der Waals surface area contributed by atoms with Crippen LogP contribution in [0.4, 0.5) is 5.13 Å². The van der Waals surface area contributed by atoms with Crippen LogP contribution in [0.25, 0.3) is 0 Å². The molecule has 0 radical (unpaired) electrons. The number of amides is 1. The number of ether oxygens (including phenoxy) is 1. The number of nitrogens with two attached hydrogens (primary N) is 2. The summed E-state index contributed by atoms with van der Waals surface area (Å²) in [5, 5.41) is 15.4. The third kappa shape index (κ3) is 8.60. The molecular formula is C27H34N6O10S2. The Morgan fingerprint density at radius 1 is 1.27 bits per heavy atom. The standard InChI is InChI=1S/C27H34N6O10S2/c1-27(2)18(24(35)33(27)43-45(38,39)40)12-21(34)23(20-14-44-26(29)31-20)32-42-22(25(36)37)13-41-17-8-5-15(6-9-17)19(28)10-7-16-4-3-11-30-16/h5-6,8-9,14,18-19,22H,3-4,7,10-13,28H2,1-2H3,(H2,29,31)(H,36,37)(H,38,39,40)/b32-23-. The van der Waals surface area contributed by atoms with Crippen LogP contribution < -0.4 is 16.2 Å².